The van der Waals surface area contributed by atoms with Gasteiger partial charge in [-0.3, -0.25) is 4.79 Å². The Balaban J connectivity index is 4.34. The summed E-state index contributed by atoms with van der Waals surface area (Å²) in [6.07, 6.45) is 0.222. The van der Waals surface area contributed by atoms with Crippen molar-refractivity contribution < 1.29 is 24.6 Å². The Morgan fingerprint density at radius 2 is 1.67 bits per heavy atom. The highest BCUT2D eigenvalue weighted by Gasteiger charge is 2.24. The van der Waals surface area contributed by atoms with Crippen molar-refractivity contribution in [3.8, 4) is 0 Å². The number of rotatable bonds is 7. The summed E-state index contributed by atoms with van der Waals surface area (Å²) in [5.41, 5.74) is 0. The minimum Gasteiger partial charge on any atom is -0.481 e. The molecule has 2 unspecified atom stereocenters. The van der Waals surface area contributed by atoms with Crippen LogP contribution in [0.1, 0.15) is 33.6 Å². The largest absolute Gasteiger partial charge is 0.481 e. The molecular weight excluding hydrogens is 240 g/mol. The first kappa shape index (κ1) is 16.2. The smallest absolute Gasteiger partial charge is 0.326 e. The molecule has 0 aliphatic heterocycles. The van der Waals surface area contributed by atoms with Crippen LogP contribution in [0.5, 0.6) is 0 Å². The minimum absolute atomic E-state index is 0.116. The van der Waals surface area contributed by atoms with Crippen LogP contribution in [0, 0.1) is 5.92 Å². The molecule has 7 heteroatoms. The Kier molecular flexibility index (Phi) is 6.77. The zero-order valence-electron chi connectivity index (χ0n) is 10.8. The van der Waals surface area contributed by atoms with E-state index in [-0.39, 0.29) is 12.0 Å². The number of carbonyl (C=O) groups excluding carboxylic acids is 1. The third-order valence-corrected chi connectivity index (χ3v) is 2.84. The SMILES string of the molecule is CCC(C)C(C)NC(=O)N[C@@H](CC(=O)O)C(=O)O. The molecule has 0 saturated heterocycles. The van der Waals surface area contributed by atoms with Gasteiger partial charge in [-0.05, 0) is 12.8 Å². The third-order valence-electron chi connectivity index (χ3n) is 2.84. The Labute approximate surface area is 106 Å². The van der Waals surface area contributed by atoms with Crippen molar-refractivity contribution in [3.05, 3.63) is 0 Å². The molecule has 4 N–H and O–H groups in total. The molecule has 0 aliphatic carbocycles. The maximum atomic E-state index is 11.5. The van der Waals surface area contributed by atoms with Crippen LogP contribution < -0.4 is 10.6 Å². The summed E-state index contributed by atoms with van der Waals surface area (Å²) >= 11 is 0. The zero-order valence-corrected chi connectivity index (χ0v) is 10.8. The van der Waals surface area contributed by atoms with Gasteiger partial charge in [0.25, 0.3) is 0 Å². The molecule has 0 bridgehead atoms. The van der Waals surface area contributed by atoms with Gasteiger partial charge in [0.1, 0.15) is 6.04 Å². The molecule has 0 rings (SSSR count). The van der Waals surface area contributed by atoms with E-state index in [1.807, 2.05) is 13.8 Å². The quantitative estimate of drug-likeness (QED) is 0.536. The highest BCUT2D eigenvalue weighted by Crippen LogP contribution is 2.06. The summed E-state index contributed by atoms with van der Waals surface area (Å²) in [5, 5.41) is 22.0. The second kappa shape index (κ2) is 7.52. The molecule has 0 radical (unpaired) electrons. The van der Waals surface area contributed by atoms with E-state index in [0.717, 1.165) is 6.42 Å². The van der Waals surface area contributed by atoms with E-state index in [1.54, 1.807) is 6.92 Å². The first-order chi connectivity index (χ1) is 8.27. The van der Waals surface area contributed by atoms with Gasteiger partial charge in [0.05, 0.1) is 6.42 Å². The first-order valence-electron chi connectivity index (χ1n) is 5.79. The molecular formula is C11H20N2O5. The Hall–Kier alpha value is -1.79. The monoisotopic (exact) mass is 260 g/mol. The van der Waals surface area contributed by atoms with Crippen molar-refractivity contribution in [2.24, 2.45) is 5.92 Å². The van der Waals surface area contributed by atoms with Crippen LogP contribution in [-0.4, -0.2) is 40.3 Å². The second-order valence-corrected chi connectivity index (χ2v) is 4.28. The molecule has 0 heterocycles. The highest BCUT2D eigenvalue weighted by molar-refractivity contribution is 5.86. The van der Waals surface area contributed by atoms with Crippen LogP contribution in [0.15, 0.2) is 0 Å². The third kappa shape index (κ3) is 6.07. The molecule has 0 aromatic rings. The molecule has 7 nitrogen and oxygen atoms in total. The van der Waals surface area contributed by atoms with E-state index in [4.69, 9.17) is 10.2 Å². The van der Waals surface area contributed by atoms with Crippen molar-refractivity contribution in [1.82, 2.24) is 10.6 Å². The Morgan fingerprint density at radius 3 is 2.06 bits per heavy atom. The Morgan fingerprint density at radius 1 is 1.11 bits per heavy atom. The number of hydrogen-bond donors (Lipinski definition) is 4. The van der Waals surface area contributed by atoms with Crippen LogP contribution >= 0.6 is 0 Å². The predicted octanol–water partition coefficient (Wildman–Crippen LogP) is 0.648. The van der Waals surface area contributed by atoms with Gasteiger partial charge in [-0.2, -0.15) is 0 Å². The predicted molar refractivity (Wildman–Crippen MR) is 64.3 cm³/mol. The number of nitrogens with one attached hydrogen (secondary N) is 2. The van der Waals surface area contributed by atoms with Gasteiger partial charge in [-0.1, -0.05) is 20.3 Å². The van der Waals surface area contributed by atoms with Crippen molar-refractivity contribution in [2.45, 2.75) is 45.7 Å². The average Bonchev–Trinajstić information content (AvgIpc) is 2.25. The fourth-order valence-electron chi connectivity index (χ4n) is 1.28. The van der Waals surface area contributed by atoms with E-state index in [0.29, 0.717) is 0 Å². The molecule has 3 atom stereocenters. The number of carboxylic acid groups (broad SMARTS) is 2. The molecule has 0 aromatic heterocycles. The zero-order chi connectivity index (χ0) is 14.3. The fourth-order valence-corrected chi connectivity index (χ4v) is 1.28. The molecule has 0 aromatic carbocycles. The maximum absolute atomic E-state index is 11.5. The summed E-state index contributed by atoms with van der Waals surface area (Å²) in [5.74, 6) is -2.40. The molecule has 0 spiro atoms. The van der Waals surface area contributed by atoms with Gasteiger partial charge < -0.3 is 20.8 Å². The molecule has 0 aliphatic rings. The van der Waals surface area contributed by atoms with E-state index < -0.39 is 30.4 Å². The number of hydrogen-bond acceptors (Lipinski definition) is 3. The van der Waals surface area contributed by atoms with Crippen LogP contribution in [0.2, 0.25) is 0 Å². The number of carbonyl (C=O) groups is 3. The van der Waals surface area contributed by atoms with Crippen LogP contribution in [0.3, 0.4) is 0 Å². The second-order valence-electron chi connectivity index (χ2n) is 4.28. The van der Waals surface area contributed by atoms with Gasteiger partial charge in [0.15, 0.2) is 0 Å². The van der Waals surface area contributed by atoms with Crippen molar-refractivity contribution in [1.29, 1.82) is 0 Å². The average molecular weight is 260 g/mol. The van der Waals surface area contributed by atoms with Crippen molar-refractivity contribution >= 4 is 18.0 Å². The number of carboxylic acids is 2. The molecule has 0 fully saturated rings. The summed E-state index contributed by atoms with van der Waals surface area (Å²) < 4.78 is 0. The highest BCUT2D eigenvalue weighted by atomic mass is 16.4. The normalized spacial score (nSPS) is 15.3. The first-order valence-corrected chi connectivity index (χ1v) is 5.79. The van der Waals surface area contributed by atoms with Gasteiger partial charge in [-0.25, -0.2) is 9.59 Å². The lowest BCUT2D eigenvalue weighted by atomic mass is 10.0. The van der Waals surface area contributed by atoms with Crippen LogP contribution in [-0.2, 0) is 9.59 Å². The lowest BCUT2D eigenvalue weighted by molar-refractivity contribution is -0.145. The summed E-state index contributed by atoms with van der Waals surface area (Å²) in [7, 11) is 0. The van der Waals surface area contributed by atoms with Gasteiger partial charge in [0.2, 0.25) is 0 Å². The standard InChI is InChI=1S/C11H20N2O5/c1-4-6(2)7(3)12-11(18)13-8(10(16)17)5-9(14)15/h6-8H,4-5H2,1-3H3,(H,14,15)(H,16,17)(H2,12,13,18)/t6?,7?,8-/m0/s1. The van der Waals surface area contributed by atoms with Gasteiger partial charge in [0, 0.05) is 6.04 Å². The van der Waals surface area contributed by atoms with Crippen molar-refractivity contribution in [2.75, 3.05) is 0 Å². The molecule has 18 heavy (non-hydrogen) atoms. The van der Waals surface area contributed by atoms with E-state index in [9.17, 15) is 14.4 Å². The number of urea groups is 1. The summed E-state index contributed by atoms with van der Waals surface area (Å²) in [6, 6.07) is -2.21. The number of amides is 2. The Bertz CT molecular complexity index is 319. The molecule has 104 valence electrons. The summed E-state index contributed by atoms with van der Waals surface area (Å²) in [6.45, 7) is 5.74. The van der Waals surface area contributed by atoms with E-state index in [2.05, 4.69) is 10.6 Å². The van der Waals surface area contributed by atoms with Gasteiger partial charge >= 0.3 is 18.0 Å². The lowest BCUT2D eigenvalue weighted by Crippen LogP contribution is -2.50. The van der Waals surface area contributed by atoms with Crippen LogP contribution in [0.25, 0.3) is 0 Å². The van der Waals surface area contributed by atoms with Gasteiger partial charge in [-0.15, -0.1) is 0 Å². The molecule has 2 amide bonds. The fraction of sp³-hybridized carbons (Fsp3) is 0.727. The maximum Gasteiger partial charge on any atom is 0.326 e. The topological polar surface area (TPSA) is 116 Å². The minimum atomic E-state index is -1.42. The van der Waals surface area contributed by atoms with Crippen LogP contribution in [0.4, 0.5) is 4.79 Å². The number of aliphatic carboxylic acids is 2. The summed E-state index contributed by atoms with van der Waals surface area (Å²) in [4.78, 5) is 32.7. The lowest BCUT2D eigenvalue weighted by Gasteiger charge is -2.21. The van der Waals surface area contributed by atoms with E-state index >= 15 is 0 Å². The van der Waals surface area contributed by atoms with Crippen molar-refractivity contribution in [3.63, 3.8) is 0 Å². The van der Waals surface area contributed by atoms with E-state index in [1.165, 1.54) is 0 Å². The molecule has 0 saturated carbocycles.